The monoisotopic (exact) mass is 837 g/mol. The molecule has 0 unspecified atom stereocenters. The van der Waals surface area contributed by atoms with Gasteiger partial charge in [-0.05, 0) is 100 Å². The Labute approximate surface area is 385 Å². The minimum atomic E-state index is 0.357. The number of para-hydroxylation sites is 2. The first-order valence-electron chi connectivity index (χ1n) is 22.4. The van der Waals surface area contributed by atoms with Crippen LogP contribution in [-0.4, -0.2) is 11.4 Å². The molecule has 0 bridgehead atoms. The summed E-state index contributed by atoms with van der Waals surface area (Å²) in [5.74, 6) is 0.714. The zero-order chi connectivity index (χ0) is 44.1. The Kier molecular flexibility index (Phi) is 15.7. The van der Waals surface area contributed by atoms with Gasteiger partial charge in [0.1, 0.15) is 11.6 Å². The maximum Gasteiger partial charge on any atom is 0.120 e. The lowest BCUT2D eigenvalue weighted by Gasteiger charge is -2.20. The maximum atomic E-state index is 4.64. The second kappa shape index (κ2) is 23.4. The first-order chi connectivity index (χ1) is 32.2. The molecule has 0 aliphatic heterocycles. The number of allylic oxidation sites excluding steroid dienone is 14. The Balaban J connectivity index is 0.000000141. The molecule has 65 heavy (non-hydrogen) atoms. The van der Waals surface area contributed by atoms with E-state index in [0.717, 1.165) is 42.1 Å². The number of rotatable bonds is 10. The van der Waals surface area contributed by atoms with E-state index in [9.17, 15) is 0 Å². The molecule has 0 saturated carbocycles. The molecule has 7 aromatic carbocycles. The van der Waals surface area contributed by atoms with Crippen LogP contribution < -0.4 is 0 Å². The van der Waals surface area contributed by atoms with Gasteiger partial charge >= 0.3 is 0 Å². The van der Waals surface area contributed by atoms with Gasteiger partial charge in [-0.25, -0.2) is 9.98 Å². The van der Waals surface area contributed by atoms with E-state index in [-0.39, 0.29) is 0 Å². The van der Waals surface area contributed by atoms with Crippen molar-refractivity contribution in [1.82, 2.24) is 0 Å². The zero-order valence-electron chi connectivity index (χ0n) is 36.7. The van der Waals surface area contributed by atoms with Crippen molar-refractivity contribution in [2.45, 2.75) is 19.3 Å². The van der Waals surface area contributed by atoms with Crippen LogP contribution in [0.25, 0.3) is 11.1 Å². The number of hydrogen-bond donors (Lipinski definition) is 0. The lowest BCUT2D eigenvalue weighted by molar-refractivity contribution is 0.673. The number of hydrogen-bond acceptors (Lipinski definition) is 2. The second-order valence-corrected chi connectivity index (χ2v) is 16.1. The van der Waals surface area contributed by atoms with Crippen LogP contribution in [0.2, 0.25) is 0 Å². The van der Waals surface area contributed by atoms with Crippen molar-refractivity contribution >= 4 is 22.8 Å². The third kappa shape index (κ3) is 14.0. The Bertz CT molecular complexity index is 2670. The average Bonchev–Trinajstić information content (AvgIpc) is 3.37. The quantitative estimate of drug-likeness (QED) is 0.123. The lowest BCUT2D eigenvalue weighted by atomic mass is 9.85. The molecule has 0 heterocycles. The van der Waals surface area contributed by atoms with E-state index in [1.165, 1.54) is 44.5 Å². The molecule has 7 aromatic rings. The van der Waals surface area contributed by atoms with Gasteiger partial charge in [-0.3, -0.25) is 0 Å². The van der Waals surface area contributed by atoms with Crippen LogP contribution in [0.1, 0.15) is 27.8 Å². The molecular weight excluding hydrogens is 785 g/mol. The van der Waals surface area contributed by atoms with Crippen molar-refractivity contribution < 1.29 is 0 Å². The minimum absolute atomic E-state index is 0.357. The lowest BCUT2D eigenvalue weighted by Crippen LogP contribution is -2.12. The highest BCUT2D eigenvalue weighted by Crippen LogP contribution is 2.26. The summed E-state index contributed by atoms with van der Waals surface area (Å²) in [6.45, 7) is 0. The highest BCUT2D eigenvalue weighted by molar-refractivity contribution is 6.07. The Hall–Kier alpha value is -8.03. The predicted molar refractivity (Wildman–Crippen MR) is 276 cm³/mol. The molecular formula is C63H53N2+. The fourth-order valence-electron chi connectivity index (χ4n) is 7.69. The van der Waals surface area contributed by atoms with Gasteiger partial charge in [0, 0.05) is 36.5 Å². The van der Waals surface area contributed by atoms with Crippen LogP contribution in [0.15, 0.2) is 289 Å². The molecule has 0 aromatic heterocycles. The third-order valence-corrected chi connectivity index (χ3v) is 11.2. The summed E-state index contributed by atoms with van der Waals surface area (Å²) < 4.78 is 0. The highest BCUT2D eigenvalue weighted by Gasteiger charge is 2.16. The van der Waals surface area contributed by atoms with Crippen LogP contribution in [0, 0.1) is 17.9 Å². The topological polar surface area (TPSA) is 24.7 Å². The average molecular weight is 838 g/mol. The van der Waals surface area contributed by atoms with E-state index >= 15 is 0 Å². The van der Waals surface area contributed by atoms with E-state index < -0.39 is 0 Å². The summed E-state index contributed by atoms with van der Waals surface area (Å²) in [6, 6.07) is 69.5. The predicted octanol–water partition coefficient (Wildman–Crippen LogP) is 15.6. The van der Waals surface area contributed by atoms with Crippen LogP contribution in [0.5, 0.6) is 0 Å². The molecule has 0 saturated heterocycles. The van der Waals surface area contributed by atoms with Crippen molar-refractivity contribution in [1.29, 1.82) is 0 Å². The molecule has 2 nitrogen and oxygen atoms in total. The van der Waals surface area contributed by atoms with Crippen molar-refractivity contribution in [3.8, 4) is 11.1 Å². The molecule has 0 spiro atoms. The van der Waals surface area contributed by atoms with Crippen molar-refractivity contribution in [3.63, 3.8) is 0 Å². The zero-order valence-corrected chi connectivity index (χ0v) is 36.7. The number of nitrogens with zero attached hydrogens (tertiary/aromatic N) is 2. The molecule has 0 atom stereocenters. The summed E-state index contributed by atoms with van der Waals surface area (Å²) in [5.41, 5.74) is 14.4. The van der Waals surface area contributed by atoms with Gasteiger partial charge in [0.25, 0.3) is 0 Å². The molecule has 10 rings (SSSR count). The molecule has 314 valence electrons. The number of benzene rings is 7. The number of aliphatic imine (C=N–C) groups is 2. The smallest absolute Gasteiger partial charge is 0.120 e. The van der Waals surface area contributed by atoms with E-state index in [0.29, 0.717) is 11.8 Å². The van der Waals surface area contributed by atoms with Gasteiger partial charge in [0.2, 0.25) is 0 Å². The molecule has 3 aliphatic rings. The summed E-state index contributed by atoms with van der Waals surface area (Å²) in [6.07, 6.45) is 31.7. The molecule has 2 heteroatoms. The first kappa shape index (κ1) is 43.6. The molecule has 0 fully saturated rings. The van der Waals surface area contributed by atoms with Gasteiger partial charge in [0.15, 0.2) is 0 Å². The second-order valence-electron chi connectivity index (χ2n) is 16.1. The van der Waals surface area contributed by atoms with Gasteiger partial charge in [-0.15, -0.1) is 0 Å². The molecule has 0 N–H and O–H groups in total. The standard InChI is InChI=1S/C26H21.C24H20N2.C13H12/c1-3-7-21(8-4-1)19-23-11-15-25(16-12-23)26-17-13-24(14-18-26)20-22-9-5-2-6-10-22;1-3-7-21(8-4-1)25-23-15-11-19(12-16-23)20-13-17-24(18-14-20)26-22-9-5-2-6-10-22;1-3-7-12(8-4-1)11-13-9-5-2-6-10-13/h1-9,11-18H,19-20H2;1-20H;1-10H,11H2/q+1;;. The van der Waals surface area contributed by atoms with Crippen LogP contribution in [0.3, 0.4) is 0 Å². The van der Waals surface area contributed by atoms with E-state index in [2.05, 4.69) is 216 Å². The highest BCUT2D eigenvalue weighted by atomic mass is 14.7. The maximum absolute atomic E-state index is 4.64. The summed E-state index contributed by atoms with van der Waals surface area (Å²) in [4.78, 5) is 9.29. The van der Waals surface area contributed by atoms with Crippen LogP contribution in [0.4, 0.5) is 11.4 Å². The van der Waals surface area contributed by atoms with Crippen molar-refractivity contribution in [3.05, 3.63) is 313 Å². The first-order valence-corrected chi connectivity index (χ1v) is 22.4. The fraction of sp³-hybridized carbons (Fsp3) is 0.0794. The van der Waals surface area contributed by atoms with E-state index in [1.54, 1.807) is 0 Å². The molecule has 0 radical (unpaired) electrons. The van der Waals surface area contributed by atoms with Gasteiger partial charge < -0.3 is 0 Å². The largest absolute Gasteiger partial charge is 0.249 e. The summed E-state index contributed by atoms with van der Waals surface area (Å²) in [7, 11) is 0. The normalized spacial score (nSPS) is 15.4. The van der Waals surface area contributed by atoms with E-state index in [1.807, 2.05) is 72.8 Å². The molecule has 0 amide bonds. The van der Waals surface area contributed by atoms with E-state index in [4.69, 9.17) is 0 Å². The van der Waals surface area contributed by atoms with Crippen molar-refractivity contribution in [2.75, 3.05) is 0 Å². The summed E-state index contributed by atoms with van der Waals surface area (Å²) >= 11 is 0. The van der Waals surface area contributed by atoms with Gasteiger partial charge in [-0.1, -0.05) is 200 Å². The van der Waals surface area contributed by atoms with Gasteiger partial charge in [-0.2, -0.15) is 0 Å². The van der Waals surface area contributed by atoms with Crippen LogP contribution in [-0.2, 0) is 19.3 Å². The van der Waals surface area contributed by atoms with Gasteiger partial charge in [0.05, 0.1) is 28.9 Å². The van der Waals surface area contributed by atoms with Crippen molar-refractivity contribution in [2.24, 2.45) is 21.8 Å². The Morgan fingerprint density at radius 3 is 1.03 bits per heavy atom. The fourth-order valence-corrected chi connectivity index (χ4v) is 7.69. The molecule has 3 aliphatic carbocycles. The Morgan fingerprint density at radius 1 is 0.338 bits per heavy atom. The SMILES string of the molecule is C1=CC(C2C=CC(=Nc3ccccc3)C=C2)C=CC1=Nc1ccccc1.[C+]1=CC=CC=C1Cc1ccc(-c2ccc(Cc3ccccc3)cc2)cc1.c1ccc(Cc2ccccc2)cc1. The summed E-state index contributed by atoms with van der Waals surface area (Å²) in [5, 5.41) is 0. The minimum Gasteiger partial charge on any atom is -0.249 e. The third-order valence-electron chi connectivity index (χ3n) is 11.2. The Morgan fingerprint density at radius 2 is 0.677 bits per heavy atom. The van der Waals surface area contributed by atoms with Crippen LogP contribution >= 0.6 is 0 Å².